The quantitative estimate of drug-likeness (QED) is 0.837. The number of phenolic OH excluding ortho intramolecular Hbond substituents is 1. The Morgan fingerprint density at radius 2 is 1.91 bits per heavy atom. The largest absolute Gasteiger partial charge is 0.507 e. The molecule has 2 aromatic rings. The molecule has 0 saturated carbocycles. The highest BCUT2D eigenvalue weighted by molar-refractivity contribution is 9.10. The van der Waals surface area contributed by atoms with Gasteiger partial charge in [0.2, 0.25) is 0 Å². The Morgan fingerprint density at radius 1 is 1.14 bits per heavy atom. The molecule has 0 spiro atoms. The van der Waals surface area contributed by atoms with Gasteiger partial charge in [-0.15, -0.1) is 0 Å². The van der Waals surface area contributed by atoms with Crippen molar-refractivity contribution in [2.75, 3.05) is 13.2 Å². The maximum Gasteiger partial charge on any atom is 0.161 e. The number of phenols is 1. The van der Waals surface area contributed by atoms with E-state index in [2.05, 4.69) is 20.9 Å². The summed E-state index contributed by atoms with van der Waals surface area (Å²) < 4.78 is 12.0. The van der Waals surface area contributed by atoms with E-state index in [0.29, 0.717) is 18.8 Å². The van der Waals surface area contributed by atoms with E-state index in [9.17, 15) is 5.11 Å². The Bertz CT molecular complexity index is 715. The van der Waals surface area contributed by atoms with Crippen LogP contribution in [0.25, 0.3) is 0 Å². The molecule has 0 saturated heterocycles. The Morgan fingerprint density at radius 3 is 2.73 bits per heavy atom. The van der Waals surface area contributed by atoms with Crippen LogP contribution in [0.15, 0.2) is 45.9 Å². The topological polar surface area (TPSA) is 51.1 Å². The van der Waals surface area contributed by atoms with E-state index in [-0.39, 0.29) is 11.8 Å². The minimum absolute atomic E-state index is 0.0470. The zero-order valence-electron chi connectivity index (χ0n) is 12.1. The highest BCUT2D eigenvalue weighted by Gasteiger charge is 2.13. The van der Waals surface area contributed by atoms with Crippen LogP contribution in [0, 0.1) is 0 Å². The molecule has 0 aromatic heterocycles. The lowest BCUT2D eigenvalue weighted by Crippen LogP contribution is -2.15. The van der Waals surface area contributed by atoms with Crippen LogP contribution in [0.5, 0.6) is 17.2 Å². The molecule has 114 valence electrons. The number of ether oxygens (including phenoxy) is 2. The molecule has 4 nitrogen and oxygen atoms in total. The minimum atomic E-state index is -0.0470. The molecule has 1 atom stereocenters. The average molecular weight is 362 g/mol. The van der Waals surface area contributed by atoms with Gasteiger partial charge in [0.25, 0.3) is 0 Å². The van der Waals surface area contributed by atoms with Gasteiger partial charge in [-0.25, -0.2) is 0 Å². The van der Waals surface area contributed by atoms with Crippen molar-refractivity contribution >= 4 is 22.1 Å². The predicted molar refractivity (Wildman–Crippen MR) is 89.2 cm³/mol. The van der Waals surface area contributed by atoms with Crippen LogP contribution in [0.3, 0.4) is 0 Å². The zero-order valence-corrected chi connectivity index (χ0v) is 13.7. The fourth-order valence-corrected chi connectivity index (χ4v) is 2.61. The van der Waals surface area contributed by atoms with Gasteiger partial charge >= 0.3 is 0 Å². The normalized spacial score (nSPS) is 15.0. The summed E-state index contributed by atoms with van der Waals surface area (Å²) in [6, 6.07) is 11.1. The second kappa shape index (κ2) is 6.40. The van der Waals surface area contributed by atoms with Gasteiger partial charge in [-0.05, 0) is 42.8 Å². The number of fused-ring (bicyclic) bond motifs is 1. The van der Waals surface area contributed by atoms with E-state index in [1.807, 2.05) is 31.2 Å². The van der Waals surface area contributed by atoms with E-state index >= 15 is 0 Å². The molecule has 0 amide bonds. The van der Waals surface area contributed by atoms with Gasteiger partial charge in [0.15, 0.2) is 11.5 Å². The standard InChI is InChI=1S/C17H16BrNO3/c1-11(19-10-13-8-14(18)3-4-15(13)20)12-2-5-16-17(9-12)22-7-6-21-16/h2-5,8-11,20H,6-7H2,1H3/t11-/m1/s1. The first kappa shape index (κ1) is 14.9. The van der Waals surface area contributed by atoms with Crippen LogP contribution in [0.4, 0.5) is 0 Å². The fourth-order valence-electron chi connectivity index (χ4n) is 2.23. The average Bonchev–Trinajstić information content (AvgIpc) is 2.55. The first-order valence-electron chi connectivity index (χ1n) is 7.05. The maximum atomic E-state index is 9.83. The molecule has 1 heterocycles. The summed E-state index contributed by atoms with van der Waals surface area (Å²) >= 11 is 3.39. The summed E-state index contributed by atoms with van der Waals surface area (Å²) in [4.78, 5) is 4.51. The van der Waals surface area contributed by atoms with E-state index in [1.165, 1.54) is 0 Å². The number of aromatic hydroxyl groups is 1. The SMILES string of the molecule is C[C@@H](N=Cc1cc(Br)ccc1O)c1ccc2c(c1)OCCO2. The number of nitrogens with zero attached hydrogens (tertiary/aromatic N) is 1. The molecule has 2 aromatic carbocycles. The first-order valence-corrected chi connectivity index (χ1v) is 7.84. The van der Waals surface area contributed by atoms with E-state index in [4.69, 9.17) is 9.47 Å². The molecule has 0 unspecified atom stereocenters. The summed E-state index contributed by atoms with van der Waals surface area (Å²) in [5, 5.41) is 9.83. The van der Waals surface area contributed by atoms with Gasteiger partial charge in [-0.1, -0.05) is 22.0 Å². The smallest absolute Gasteiger partial charge is 0.161 e. The van der Waals surface area contributed by atoms with E-state index in [0.717, 1.165) is 21.5 Å². The number of aliphatic imine (C=N–C) groups is 1. The second-order valence-electron chi connectivity index (χ2n) is 5.06. The highest BCUT2D eigenvalue weighted by Crippen LogP contribution is 2.33. The molecule has 0 bridgehead atoms. The highest BCUT2D eigenvalue weighted by atomic mass is 79.9. The molecule has 0 radical (unpaired) electrons. The number of benzene rings is 2. The summed E-state index contributed by atoms with van der Waals surface area (Å²) in [5.41, 5.74) is 1.72. The Kier molecular flexibility index (Phi) is 4.34. The summed E-state index contributed by atoms with van der Waals surface area (Å²) in [7, 11) is 0. The zero-order chi connectivity index (χ0) is 15.5. The molecule has 5 heteroatoms. The fraction of sp³-hybridized carbons (Fsp3) is 0.235. The van der Waals surface area contributed by atoms with Crippen LogP contribution >= 0.6 is 15.9 Å². The first-order chi connectivity index (χ1) is 10.6. The van der Waals surface area contributed by atoms with Crippen molar-refractivity contribution in [3.63, 3.8) is 0 Å². The lowest BCUT2D eigenvalue weighted by atomic mass is 10.1. The summed E-state index contributed by atoms with van der Waals surface area (Å²) in [6.07, 6.45) is 1.68. The summed E-state index contributed by atoms with van der Waals surface area (Å²) in [6.45, 7) is 3.15. The van der Waals surface area contributed by atoms with Crippen LogP contribution in [-0.2, 0) is 0 Å². The van der Waals surface area contributed by atoms with Crippen molar-refractivity contribution in [2.45, 2.75) is 13.0 Å². The van der Waals surface area contributed by atoms with Crippen LogP contribution in [0.1, 0.15) is 24.1 Å². The second-order valence-corrected chi connectivity index (χ2v) is 5.98. The Hall–Kier alpha value is -2.01. The minimum Gasteiger partial charge on any atom is -0.507 e. The van der Waals surface area contributed by atoms with E-state index in [1.54, 1.807) is 18.3 Å². The third-order valence-corrected chi connectivity index (χ3v) is 3.97. The van der Waals surface area contributed by atoms with Crippen molar-refractivity contribution in [2.24, 2.45) is 4.99 Å². The van der Waals surface area contributed by atoms with Crippen LogP contribution in [-0.4, -0.2) is 24.5 Å². The van der Waals surface area contributed by atoms with E-state index < -0.39 is 0 Å². The van der Waals surface area contributed by atoms with Crippen molar-refractivity contribution in [1.29, 1.82) is 0 Å². The monoisotopic (exact) mass is 361 g/mol. The molecular weight excluding hydrogens is 346 g/mol. The van der Waals surface area contributed by atoms with Crippen molar-refractivity contribution in [3.05, 3.63) is 52.0 Å². The predicted octanol–water partition coefficient (Wildman–Crippen LogP) is 4.11. The van der Waals surface area contributed by atoms with Gasteiger partial charge in [-0.2, -0.15) is 0 Å². The molecular formula is C17H16BrNO3. The van der Waals surface area contributed by atoms with Gasteiger partial charge in [0, 0.05) is 16.3 Å². The third-order valence-electron chi connectivity index (χ3n) is 3.48. The molecule has 1 N–H and O–H groups in total. The maximum absolute atomic E-state index is 9.83. The van der Waals surface area contributed by atoms with Crippen molar-refractivity contribution < 1.29 is 14.6 Å². The number of hydrogen-bond acceptors (Lipinski definition) is 4. The number of halogens is 1. The molecule has 1 aliphatic rings. The van der Waals surface area contributed by atoms with Gasteiger partial charge in [-0.3, -0.25) is 4.99 Å². The van der Waals surface area contributed by atoms with Crippen LogP contribution < -0.4 is 9.47 Å². The van der Waals surface area contributed by atoms with Crippen molar-refractivity contribution in [3.8, 4) is 17.2 Å². The molecule has 1 aliphatic heterocycles. The van der Waals surface area contributed by atoms with Crippen molar-refractivity contribution in [1.82, 2.24) is 0 Å². The third kappa shape index (κ3) is 3.25. The molecule has 0 aliphatic carbocycles. The summed E-state index contributed by atoms with van der Waals surface area (Å²) in [5.74, 6) is 1.74. The molecule has 0 fully saturated rings. The van der Waals surface area contributed by atoms with Crippen LogP contribution in [0.2, 0.25) is 0 Å². The van der Waals surface area contributed by atoms with Gasteiger partial charge in [0.1, 0.15) is 19.0 Å². The molecule has 22 heavy (non-hydrogen) atoms. The lowest BCUT2D eigenvalue weighted by Gasteiger charge is -2.19. The Labute approximate surface area is 137 Å². The lowest BCUT2D eigenvalue weighted by molar-refractivity contribution is 0.171. The van der Waals surface area contributed by atoms with Gasteiger partial charge < -0.3 is 14.6 Å². The molecule has 3 rings (SSSR count). The number of hydrogen-bond donors (Lipinski definition) is 1. The van der Waals surface area contributed by atoms with Gasteiger partial charge in [0.05, 0.1) is 6.04 Å². The number of rotatable bonds is 3. The Balaban J connectivity index is 1.80.